The van der Waals surface area contributed by atoms with E-state index in [0.29, 0.717) is 5.92 Å². The van der Waals surface area contributed by atoms with Gasteiger partial charge in [0.25, 0.3) is 0 Å². The third kappa shape index (κ3) is 3.37. The molecule has 1 rings (SSSR count). The van der Waals surface area contributed by atoms with Crippen LogP contribution >= 0.6 is 0 Å². The lowest BCUT2D eigenvalue weighted by atomic mass is 9.97. The molecule has 0 heteroatoms. The van der Waals surface area contributed by atoms with Gasteiger partial charge in [0.15, 0.2) is 0 Å². The first-order valence-corrected chi connectivity index (χ1v) is 5.53. The predicted molar refractivity (Wildman–Crippen MR) is 64.2 cm³/mol. The van der Waals surface area contributed by atoms with Gasteiger partial charge in [-0.1, -0.05) is 55.4 Å². The van der Waals surface area contributed by atoms with E-state index >= 15 is 0 Å². The van der Waals surface area contributed by atoms with Crippen molar-refractivity contribution in [3.63, 3.8) is 0 Å². The highest BCUT2D eigenvalue weighted by atomic mass is 14.1. The van der Waals surface area contributed by atoms with Gasteiger partial charge in [0, 0.05) is 5.92 Å². The van der Waals surface area contributed by atoms with Gasteiger partial charge in [0.2, 0.25) is 0 Å². The van der Waals surface area contributed by atoms with Gasteiger partial charge in [-0.3, -0.25) is 0 Å². The van der Waals surface area contributed by atoms with Gasteiger partial charge in [-0.25, -0.2) is 0 Å². The summed E-state index contributed by atoms with van der Waals surface area (Å²) in [4.78, 5) is 0. The van der Waals surface area contributed by atoms with E-state index in [1.165, 1.54) is 18.4 Å². The zero-order valence-corrected chi connectivity index (χ0v) is 9.08. The Morgan fingerprint density at radius 2 is 2.29 bits per heavy atom. The van der Waals surface area contributed by atoms with Crippen LogP contribution in [0.4, 0.5) is 0 Å². The molecule has 0 aromatic carbocycles. The van der Waals surface area contributed by atoms with Crippen LogP contribution in [-0.4, -0.2) is 0 Å². The van der Waals surface area contributed by atoms with Crippen LogP contribution in [0.2, 0.25) is 0 Å². The van der Waals surface area contributed by atoms with Crippen molar-refractivity contribution in [1.29, 1.82) is 0 Å². The topological polar surface area (TPSA) is 0 Å². The van der Waals surface area contributed by atoms with Gasteiger partial charge < -0.3 is 0 Å². The van der Waals surface area contributed by atoms with Crippen LogP contribution in [0.5, 0.6) is 0 Å². The van der Waals surface area contributed by atoms with Crippen LogP contribution in [0, 0.1) is 5.92 Å². The minimum absolute atomic E-state index is 0.557. The highest BCUT2D eigenvalue weighted by Gasteiger charge is 2.09. The van der Waals surface area contributed by atoms with Crippen molar-refractivity contribution in [1.82, 2.24) is 0 Å². The minimum atomic E-state index is 0.557. The molecule has 1 atom stereocenters. The molecular weight excluding hydrogens is 168 g/mol. The molecule has 1 aliphatic rings. The molecule has 0 nitrogen and oxygen atoms in total. The van der Waals surface area contributed by atoms with Gasteiger partial charge in [0.1, 0.15) is 0 Å². The lowest BCUT2D eigenvalue weighted by Gasteiger charge is -2.07. The second kappa shape index (κ2) is 6.42. The highest BCUT2D eigenvalue weighted by molar-refractivity contribution is 5.31. The van der Waals surface area contributed by atoms with Gasteiger partial charge in [0.05, 0.1) is 0 Å². The monoisotopic (exact) mass is 188 g/mol. The van der Waals surface area contributed by atoms with Crippen molar-refractivity contribution < 1.29 is 0 Å². The van der Waals surface area contributed by atoms with E-state index in [0.717, 1.165) is 12.8 Å². The Morgan fingerprint density at radius 1 is 1.43 bits per heavy atom. The molecule has 0 fully saturated rings. The number of hydrogen-bond acceptors (Lipinski definition) is 0. The fraction of sp³-hybridized carbons (Fsp3) is 0.429. The Labute approximate surface area is 87.7 Å². The van der Waals surface area contributed by atoms with Crippen molar-refractivity contribution >= 4 is 0 Å². The van der Waals surface area contributed by atoms with E-state index in [1.54, 1.807) is 0 Å². The fourth-order valence-corrected chi connectivity index (χ4v) is 1.65. The average Bonchev–Trinajstić information content (AvgIpc) is 2.63. The Balaban J connectivity index is 2.40. The van der Waals surface area contributed by atoms with Crippen molar-refractivity contribution in [2.45, 2.75) is 32.6 Å². The van der Waals surface area contributed by atoms with E-state index in [9.17, 15) is 0 Å². The summed E-state index contributed by atoms with van der Waals surface area (Å²) >= 11 is 0. The SMILES string of the molecule is C=CCCC1=CC=CC1/C=C\CCC. The van der Waals surface area contributed by atoms with E-state index in [4.69, 9.17) is 0 Å². The Kier molecular flexibility index (Phi) is 5.06. The van der Waals surface area contributed by atoms with Crippen LogP contribution in [0.15, 0.2) is 48.6 Å². The molecule has 14 heavy (non-hydrogen) atoms. The molecule has 0 saturated carbocycles. The quantitative estimate of drug-likeness (QED) is 0.541. The van der Waals surface area contributed by atoms with Gasteiger partial charge in [-0.2, -0.15) is 0 Å². The van der Waals surface area contributed by atoms with Crippen LogP contribution in [0.3, 0.4) is 0 Å². The van der Waals surface area contributed by atoms with Crippen molar-refractivity contribution in [2.24, 2.45) is 5.92 Å². The van der Waals surface area contributed by atoms with E-state index in [1.807, 2.05) is 6.08 Å². The molecule has 76 valence electrons. The molecule has 0 aromatic heterocycles. The third-order valence-corrected chi connectivity index (χ3v) is 2.49. The number of hydrogen-bond donors (Lipinski definition) is 0. The molecule has 0 radical (unpaired) electrons. The van der Waals surface area contributed by atoms with Crippen LogP contribution in [0.25, 0.3) is 0 Å². The van der Waals surface area contributed by atoms with Gasteiger partial charge in [-0.15, -0.1) is 6.58 Å². The molecule has 1 aliphatic carbocycles. The lowest BCUT2D eigenvalue weighted by Crippen LogP contribution is -1.93. The smallest absolute Gasteiger partial charge is 0.0163 e. The largest absolute Gasteiger partial charge is 0.103 e. The highest BCUT2D eigenvalue weighted by Crippen LogP contribution is 2.25. The van der Waals surface area contributed by atoms with Crippen LogP contribution in [0.1, 0.15) is 32.6 Å². The first kappa shape index (κ1) is 11.0. The molecule has 0 heterocycles. The Hall–Kier alpha value is -1.04. The Bertz CT molecular complexity index is 253. The maximum Gasteiger partial charge on any atom is 0.0163 e. The predicted octanol–water partition coefficient (Wildman–Crippen LogP) is 4.42. The maximum atomic E-state index is 3.76. The zero-order valence-electron chi connectivity index (χ0n) is 9.08. The molecular formula is C14H20. The van der Waals surface area contributed by atoms with E-state index in [-0.39, 0.29) is 0 Å². The molecule has 0 saturated heterocycles. The Morgan fingerprint density at radius 3 is 3.00 bits per heavy atom. The summed E-state index contributed by atoms with van der Waals surface area (Å²) in [6.07, 6.45) is 17.9. The second-order valence-corrected chi connectivity index (χ2v) is 3.70. The van der Waals surface area contributed by atoms with Crippen LogP contribution < -0.4 is 0 Å². The van der Waals surface area contributed by atoms with E-state index < -0.39 is 0 Å². The zero-order chi connectivity index (χ0) is 10.2. The van der Waals surface area contributed by atoms with Gasteiger partial charge >= 0.3 is 0 Å². The molecule has 0 spiro atoms. The summed E-state index contributed by atoms with van der Waals surface area (Å²) in [5.41, 5.74) is 1.53. The molecule has 0 N–H and O–H groups in total. The van der Waals surface area contributed by atoms with E-state index in [2.05, 4.69) is 43.9 Å². The van der Waals surface area contributed by atoms with Gasteiger partial charge in [-0.05, 0) is 19.3 Å². The first-order chi connectivity index (χ1) is 6.88. The normalized spacial score (nSPS) is 20.4. The average molecular weight is 188 g/mol. The lowest BCUT2D eigenvalue weighted by molar-refractivity contribution is 0.850. The molecule has 0 bridgehead atoms. The molecule has 0 aliphatic heterocycles. The standard InChI is InChI=1S/C14H20/c1-3-5-7-10-14-12-8-11-13(14)9-6-4-2/h4,7-8,10-12,14H,2-3,5-6,9H2,1H3/b10-7-. The molecule has 0 amide bonds. The van der Waals surface area contributed by atoms with Crippen molar-refractivity contribution in [2.75, 3.05) is 0 Å². The summed E-state index contributed by atoms with van der Waals surface area (Å²) < 4.78 is 0. The summed E-state index contributed by atoms with van der Waals surface area (Å²) in [5.74, 6) is 0.557. The fourth-order valence-electron chi connectivity index (χ4n) is 1.65. The summed E-state index contributed by atoms with van der Waals surface area (Å²) in [6, 6.07) is 0. The maximum absolute atomic E-state index is 3.76. The number of unbranched alkanes of at least 4 members (excludes halogenated alkanes) is 1. The number of allylic oxidation sites excluding steroid dienone is 7. The summed E-state index contributed by atoms with van der Waals surface area (Å²) in [6.45, 7) is 5.97. The minimum Gasteiger partial charge on any atom is -0.103 e. The summed E-state index contributed by atoms with van der Waals surface area (Å²) in [5, 5.41) is 0. The molecule has 1 unspecified atom stereocenters. The van der Waals surface area contributed by atoms with Crippen molar-refractivity contribution in [3.05, 3.63) is 48.6 Å². The third-order valence-electron chi connectivity index (χ3n) is 2.49. The second-order valence-electron chi connectivity index (χ2n) is 3.70. The number of rotatable bonds is 6. The summed E-state index contributed by atoms with van der Waals surface area (Å²) in [7, 11) is 0. The van der Waals surface area contributed by atoms with Crippen molar-refractivity contribution in [3.8, 4) is 0 Å². The molecule has 0 aromatic rings. The first-order valence-electron chi connectivity index (χ1n) is 5.53. The van der Waals surface area contributed by atoms with Crippen LogP contribution in [-0.2, 0) is 0 Å².